The van der Waals surface area contributed by atoms with E-state index in [2.05, 4.69) is 18.9 Å². The maximum Gasteiger partial charge on any atom is 0.246 e. The molecule has 1 aromatic rings. The molecule has 1 rings (SSSR count). The van der Waals surface area contributed by atoms with Gasteiger partial charge >= 0.3 is 0 Å². The van der Waals surface area contributed by atoms with Crippen molar-refractivity contribution in [1.29, 1.82) is 0 Å². The number of carbonyl (C=O) groups excluding carboxylic acids is 1. The van der Waals surface area contributed by atoms with E-state index in [0.29, 0.717) is 12.5 Å². The molecule has 1 amide bonds. The Balaban J connectivity index is 2.68. The molecule has 0 spiro atoms. The van der Waals surface area contributed by atoms with Crippen LogP contribution in [0.4, 0.5) is 0 Å². The average Bonchev–Trinajstić information content (AvgIpc) is 2.69. The minimum atomic E-state index is 0.0189. The average molecular weight is 278 g/mol. The van der Waals surface area contributed by atoms with E-state index in [0.717, 1.165) is 17.8 Å². The van der Waals surface area contributed by atoms with Crippen LogP contribution in [0.25, 0.3) is 0 Å². The number of nitrogens with zero attached hydrogens (tertiary/aromatic N) is 4. The van der Waals surface area contributed by atoms with Gasteiger partial charge in [0.05, 0.1) is 5.69 Å². The number of likely N-dealkylation sites (N-methyl/N-ethyl adjacent to an activating group) is 2. The van der Waals surface area contributed by atoms with Gasteiger partial charge in [0.15, 0.2) is 0 Å². The lowest BCUT2D eigenvalue weighted by Gasteiger charge is -2.16. The second-order valence-electron chi connectivity index (χ2n) is 5.73. The first-order valence-corrected chi connectivity index (χ1v) is 6.90. The molecule has 0 unspecified atom stereocenters. The number of hydrogen-bond acceptors (Lipinski definition) is 3. The summed E-state index contributed by atoms with van der Waals surface area (Å²) in [6.07, 6.45) is 5.50. The molecular formula is C15H26N4O. The van der Waals surface area contributed by atoms with Crippen molar-refractivity contribution >= 4 is 5.91 Å². The van der Waals surface area contributed by atoms with Crippen molar-refractivity contribution in [3.63, 3.8) is 0 Å². The van der Waals surface area contributed by atoms with Crippen molar-refractivity contribution in [3.8, 4) is 0 Å². The molecule has 112 valence electrons. The molecule has 0 N–H and O–H groups in total. The van der Waals surface area contributed by atoms with Gasteiger partial charge in [0.2, 0.25) is 5.91 Å². The SMILES string of the molecule is CC(C)c1nn(C)cc1CN(C)C(=O)/C=C/CN(C)C. The maximum absolute atomic E-state index is 12.0. The molecule has 1 aromatic heterocycles. The summed E-state index contributed by atoms with van der Waals surface area (Å²) in [7, 11) is 7.68. The molecule has 0 aliphatic rings. The number of hydrogen-bond donors (Lipinski definition) is 0. The van der Waals surface area contributed by atoms with E-state index < -0.39 is 0 Å². The van der Waals surface area contributed by atoms with Gasteiger partial charge in [-0.2, -0.15) is 5.10 Å². The Morgan fingerprint density at radius 3 is 2.60 bits per heavy atom. The lowest BCUT2D eigenvalue weighted by molar-refractivity contribution is -0.125. The molecule has 0 aliphatic heterocycles. The van der Waals surface area contributed by atoms with Crippen LogP contribution in [-0.2, 0) is 18.4 Å². The lowest BCUT2D eigenvalue weighted by Crippen LogP contribution is -2.25. The molecule has 0 atom stereocenters. The van der Waals surface area contributed by atoms with Crippen LogP contribution in [0, 0.1) is 0 Å². The molecular weight excluding hydrogens is 252 g/mol. The summed E-state index contributed by atoms with van der Waals surface area (Å²) in [6, 6.07) is 0. The molecule has 1 heterocycles. The highest BCUT2D eigenvalue weighted by atomic mass is 16.2. The topological polar surface area (TPSA) is 41.4 Å². The van der Waals surface area contributed by atoms with E-state index in [4.69, 9.17) is 0 Å². The fraction of sp³-hybridized carbons (Fsp3) is 0.600. The third kappa shape index (κ3) is 4.81. The largest absolute Gasteiger partial charge is 0.338 e. The predicted molar refractivity (Wildman–Crippen MR) is 81.5 cm³/mol. The van der Waals surface area contributed by atoms with Crippen molar-refractivity contribution < 1.29 is 4.79 Å². The fourth-order valence-corrected chi connectivity index (χ4v) is 1.99. The Bertz CT molecular complexity index is 474. The summed E-state index contributed by atoms with van der Waals surface area (Å²) in [5.74, 6) is 0.379. The normalized spacial score (nSPS) is 11.8. The second-order valence-corrected chi connectivity index (χ2v) is 5.73. The third-order valence-electron chi connectivity index (χ3n) is 3.00. The maximum atomic E-state index is 12.0. The minimum absolute atomic E-state index is 0.0189. The molecule has 5 nitrogen and oxygen atoms in total. The van der Waals surface area contributed by atoms with Crippen molar-refractivity contribution in [1.82, 2.24) is 19.6 Å². The number of carbonyl (C=O) groups is 1. The van der Waals surface area contributed by atoms with E-state index in [1.807, 2.05) is 50.0 Å². The van der Waals surface area contributed by atoms with Crippen LogP contribution in [-0.4, -0.2) is 53.2 Å². The van der Waals surface area contributed by atoms with Crippen LogP contribution in [0.1, 0.15) is 31.0 Å². The number of rotatable bonds is 6. The van der Waals surface area contributed by atoms with Gasteiger partial charge in [-0.15, -0.1) is 0 Å². The molecule has 0 aliphatic carbocycles. The first-order chi connectivity index (χ1) is 9.31. The second kappa shape index (κ2) is 7.24. The van der Waals surface area contributed by atoms with Gasteiger partial charge in [-0.1, -0.05) is 19.9 Å². The van der Waals surface area contributed by atoms with Gasteiger partial charge in [-0.25, -0.2) is 0 Å². The summed E-state index contributed by atoms with van der Waals surface area (Å²) in [4.78, 5) is 15.7. The van der Waals surface area contributed by atoms with Gasteiger partial charge in [-0.05, 0) is 20.0 Å². The molecule has 0 radical (unpaired) electrons. The highest BCUT2D eigenvalue weighted by molar-refractivity contribution is 5.87. The minimum Gasteiger partial charge on any atom is -0.338 e. The van der Waals surface area contributed by atoms with Crippen molar-refractivity contribution in [2.75, 3.05) is 27.7 Å². The summed E-state index contributed by atoms with van der Waals surface area (Å²) in [5.41, 5.74) is 2.17. The van der Waals surface area contributed by atoms with Crippen LogP contribution in [0.15, 0.2) is 18.3 Å². The highest BCUT2D eigenvalue weighted by Gasteiger charge is 2.14. The first-order valence-electron chi connectivity index (χ1n) is 6.90. The first kappa shape index (κ1) is 16.4. The molecule has 0 aromatic carbocycles. The molecule has 0 fully saturated rings. The van der Waals surface area contributed by atoms with Crippen molar-refractivity contribution in [2.45, 2.75) is 26.3 Å². The van der Waals surface area contributed by atoms with Gasteiger partial charge in [0.1, 0.15) is 0 Å². The number of aromatic nitrogens is 2. The quantitative estimate of drug-likeness (QED) is 0.743. The third-order valence-corrected chi connectivity index (χ3v) is 3.00. The van der Waals surface area contributed by atoms with E-state index in [1.165, 1.54) is 0 Å². The smallest absolute Gasteiger partial charge is 0.246 e. The lowest BCUT2D eigenvalue weighted by atomic mass is 10.1. The molecule has 0 saturated carbocycles. The molecule has 0 saturated heterocycles. The monoisotopic (exact) mass is 278 g/mol. The van der Waals surface area contributed by atoms with Crippen LogP contribution in [0.3, 0.4) is 0 Å². The zero-order valence-corrected chi connectivity index (χ0v) is 13.4. The number of amides is 1. The van der Waals surface area contributed by atoms with Gasteiger partial charge in [0.25, 0.3) is 0 Å². The number of aryl methyl sites for hydroxylation is 1. The Morgan fingerprint density at radius 1 is 1.40 bits per heavy atom. The zero-order chi connectivity index (χ0) is 15.3. The highest BCUT2D eigenvalue weighted by Crippen LogP contribution is 2.18. The van der Waals surface area contributed by atoms with E-state index >= 15 is 0 Å². The summed E-state index contributed by atoms with van der Waals surface area (Å²) < 4.78 is 1.81. The van der Waals surface area contributed by atoms with Crippen molar-refractivity contribution in [2.24, 2.45) is 7.05 Å². The molecule has 20 heavy (non-hydrogen) atoms. The summed E-state index contributed by atoms with van der Waals surface area (Å²) in [5, 5.41) is 4.46. The van der Waals surface area contributed by atoms with Crippen molar-refractivity contribution in [3.05, 3.63) is 29.6 Å². The van der Waals surface area contributed by atoms with Crippen LogP contribution >= 0.6 is 0 Å². The van der Waals surface area contributed by atoms with Crippen LogP contribution in [0.2, 0.25) is 0 Å². The van der Waals surface area contributed by atoms with Gasteiger partial charge in [-0.3, -0.25) is 9.48 Å². The summed E-state index contributed by atoms with van der Waals surface area (Å²) >= 11 is 0. The molecule has 0 bridgehead atoms. The van der Waals surface area contributed by atoms with E-state index in [9.17, 15) is 4.79 Å². The Morgan fingerprint density at radius 2 is 2.05 bits per heavy atom. The molecule has 5 heteroatoms. The standard InChI is InChI=1S/C15H26N4O/c1-12(2)15-13(11-19(6)16-15)10-18(5)14(20)8-7-9-17(3)4/h7-8,11-12H,9-10H2,1-6H3/b8-7+. The van der Waals surface area contributed by atoms with E-state index in [1.54, 1.807) is 11.0 Å². The van der Waals surface area contributed by atoms with Crippen LogP contribution < -0.4 is 0 Å². The fourth-order valence-electron chi connectivity index (χ4n) is 1.99. The predicted octanol–water partition coefficient (Wildman–Crippen LogP) is 1.62. The Labute approximate surface area is 121 Å². The van der Waals surface area contributed by atoms with Gasteiger partial charge < -0.3 is 9.80 Å². The zero-order valence-electron chi connectivity index (χ0n) is 13.4. The van der Waals surface area contributed by atoms with Gasteiger partial charge in [0, 0.05) is 45.0 Å². The van der Waals surface area contributed by atoms with Crippen LogP contribution in [0.5, 0.6) is 0 Å². The van der Waals surface area contributed by atoms with E-state index in [-0.39, 0.29) is 5.91 Å². The Hall–Kier alpha value is -1.62. The summed E-state index contributed by atoms with van der Waals surface area (Å²) in [6.45, 7) is 5.59. The Kier molecular flexibility index (Phi) is 5.95.